The van der Waals surface area contributed by atoms with Crippen molar-refractivity contribution in [1.82, 2.24) is 0 Å². The summed E-state index contributed by atoms with van der Waals surface area (Å²) in [6, 6.07) is 0. The van der Waals surface area contributed by atoms with E-state index in [-0.39, 0.29) is 16.5 Å². The standard InChI is InChI=1S/C16H33O2P/c1-12(2)10-16(7,8)14(19(17)18)9-13(3)11-15(4,5)6/h12-14H,9-11H2,1-8H3/p+1. The Kier molecular flexibility index (Phi) is 7.20. The number of rotatable bonds is 7. The van der Waals surface area contributed by atoms with Crippen molar-refractivity contribution in [3.05, 3.63) is 0 Å². The van der Waals surface area contributed by atoms with Crippen molar-refractivity contribution in [1.29, 1.82) is 0 Å². The molecule has 0 spiro atoms. The average Bonchev–Trinajstić information content (AvgIpc) is 2.08. The molecule has 0 bridgehead atoms. The molecule has 0 aliphatic heterocycles. The van der Waals surface area contributed by atoms with Gasteiger partial charge >= 0.3 is 8.03 Å². The molecule has 1 N–H and O–H groups in total. The fourth-order valence-electron chi connectivity index (χ4n) is 3.41. The van der Waals surface area contributed by atoms with Gasteiger partial charge in [0.15, 0.2) is 5.66 Å². The summed E-state index contributed by atoms with van der Waals surface area (Å²) in [6.07, 6.45) is 2.95. The second-order valence-electron chi connectivity index (χ2n) is 8.51. The van der Waals surface area contributed by atoms with Crippen LogP contribution in [0.3, 0.4) is 0 Å². The Bertz CT molecular complexity index is 290. The summed E-state index contributed by atoms with van der Waals surface area (Å²) in [4.78, 5) is 9.72. The lowest BCUT2D eigenvalue weighted by molar-refractivity contribution is 0.218. The molecule has 0 aliphatic rings. The highest BCUT2D eigenvalue weighted by Crippen LogP contribution is 2.46. The lowest BCUT2D eigenvalue weighted by atomic mass is 9.75. The first kappa shape index (κ1) is 19.1. The molecule has 3 heteroatoms. The second kappa shape index (κ2) is 7.18. The van der Waals surface area contributed by atoms with Gasteiger partial charge < -0.3 is 0 Å². The van der Waals surface area contributed by atoms with Gasteiger partial charge in [0.2, 0.25) is 0 Å². The molecular weight excluding hydrogens is 255 g/mol. The fourth-order valence-corrected chi connectivity index (χ4v) is 4.65. The first-order chi connectivity index (χ1) is 8.35. The van der Waals surface area contributed by atoms with Crippen LogP contribution in [0.2, 0.25) is 0 Å². The third-order valence-electron chi connectivity index (χ3n) is 3.69. The van der Waals surface area contributed by atoms with E-state index in [1.54, 1.807) is 0 Å². The van der Waals surface area contributed by atoms with E-state index in [0.717, 1.165) is 19.3 Å². The molecule has 0 aromatic heterocycles. The van der Waals surface area contributed by atoms with Gasteiger partial charge in [-0.1, -0.05) is 55.4 Å². The Hall–Kier alpha value is 0.0600. The summed E-state index contributed by atoms with van der Waals surface area (Å²) in [5.74, 6) is 1.05. The van der Waals surface area contributed by atoms with Gasteiger partial charge in [0.25, 0.3) is 0 Å². The molecule has 114 valence electrons. The first-order valence-corrected chi connectivity index (χ1v) is 8.78. The normalized spacial score (nSPS) is 17.5. The van der Waals surface area contributed by atoms with E-state index in [9.17, 15) is 9.46 Å². The van der Waals surface area contributed by atoms with Gasteiger partial charge in [-0.3, -0.25) is 0 Å². The second-order valence-corrected chi connectivity index (χ2v) is 9.74. The summed E-state index contributed by atoms with van der Waals surface area (Å²) >= 11 is 0. The molecule has 0 aromatic carbocycles. The molecule has 0 amide bonds. The van der Waals surface area contributed by atoms with Crippen molar-refractivity contribution in [2.45, 2.75) is 80.3 Å². The van der Waals surface area contributed by atoms with Crippen LogP contribution in [0.5, 0.6) is 0 Å². The zero-order valence-electron chi connectivity index (χ0n) is 14.2. The molecule has 3 unspecified atom stereocenters. The maximum Gasteiger partial charge on any atom is 0.509 e. The van der Waals surface area contributed by atoms with E-state index < -0.39 is 8.03 Å². The molecule has 0 aliphatic carbocycles. The van der Waals surface area contributed by atoms with Crippen molar-refractivity contribution in [3.8, 4) is 0 Å². The van der Waals surface area contributed by atoms with Gasteiger partial charge in [-0.2, -0.15) is 4.89 Å². The Morgan fingerprint density at radius 1 is 1.00 bits per heavy atom. The molecule has 0 rings (SSSR count). The van der Waals surface area contributed by atoms with Crippen LogP contribution in [-0.4, -0.2) is 10.6 Å². The van der Waals surface area contributed by atoms with E-state index in [1.165, 1.54) is 0 Å². The van der Waals surface area contributed by atoms with E-state index in [2.05, 4.69) is 55.4 Å². The van der Waals surface area contributed by atoms with Crippen LogP contribution in [0.25, 0.3) is 0 Å². The zero-order valence-corrected chi connectivity index (χ0v) is 15.1. The van der Waals surface area contributed by atoms with Crippen molar-refractivity contribution in [2.24, 2.45) is 22.7 Å². The Morgan fingerprint density at radius 2 is 1.47 bits per heavy atom. The lowest BCUT2D eigenvalue weighted by Gasteiger charge is -2.31. The first-order valence-electron chi connectivity index (χ1n) is 7.50. The molecule has 0 saturated heterocycles. The highest BCUT2D eigenvalue weighted by atomic mass is 31.1. The topological polar surface area (TPSA) is 37.3 Å². The van der Waals surface area contributed by atoms with Gasteiger partial charge in [0, 0.05) is 11.8 Å². The minimum Gasteiger partial charge on any atom is -0.161 e. The monoisotopic (exact) mass is 289 g/mol. The maximum atomic E-state index is 11.8. The average molecular weight is 289 g/mol. The quantitative estimate of drug-likeness (QED) is 0.617. The van der Waals surface area contributed by atoms with Crippen LogP contribution in [0, 0.1) is 22.7 Å². The molecule has 0 radical (unpaired) electrons. The predicted octanol–water partition coefficient (Wildman–Crippen LogP) is 5.62. The van der Waals surface area contributed by atoms with Gasteiger partial charge in [0.1, 0.15) is 0 Å². The molecule has 0 fully saturated rings. The summed E-state index contributed by atoms with van der Waals surface area (Å²) in [5.41, 5.74) is 0.123. The van der Waals surface area contributed by atoms with E-state index >= 15 is 0 Å². The van der Waals surface area contributed by atoms with Crippen LogP contribution < -0.4 is 0 Å². The molecular formula is C16H34O2P+. The Morgan fingerprint density at radius 3 is 1.79 bits per heavy atom. The van der Waals surface area contributed by atoms with Crippen molar-refractivity contribution < 1.29 is 9.46 Å². The maximum absolute atomic E-state index is 11.8. The largest absolute Gasteiger partial charge is 0.509 e. The molecule has 3 atom stereocenters. The fraction of sp³-hybridized carbons (Fsp3) is 1.00. The molecule has 0 heterocycles. The van der Waals surface area contributed by atoms with Gasteiger partial charge in [-0.15, -0.1) is 0 Å². The zero-order chi connectivity index (χ0) is 15.4. The third-order valence-corrected chi connectivity index (χ3v) is 5.13. The highest BCUT2D eigenvalue weighted by Gasteiger charge is 2.44. The summed E-state index contributed by atoms with van der Waals surface area (Å²) < 4.78 is 11.8. The minimum absolute atomic E-state index is 0.0669. The van der Waals surface area contributed by atoms with Gasteiger partial charge in [-0.25, -0.2) is 0 Å². The van der Waals surface area contributed by atoms with E-state index in [4.69, 9.17) is 0 Å². The predicted molar refractivity (Wildman–Crippen MR) is 84.7 cm³/mol. The van der Waals surface area contributed by atoms with Crippen LogP contribution in [0.4, 0.5) is 0 Å². The minimum atomic E-state index is -2.11. The van der Waals surface area contributed by atoms with Crippen molar-refractivity contribution >= 4 is 8.03 Å². The lowest BCUT2D eigenvalue weighted by Crippen LogP contribution is -2.30. The Balaban J connectivity index is 4.79. The molecule has 2 nitrogen and oxygen atoms in total. The van der Waals surface area contributed by atoms with Gasteiger partial charge in [0.05, 0.1) is 0 Å². The number of hydrogen-bond acceptors (Lipinski definition) is 1. The SMILES string of the molecule is CC(C)CC(C)(C)C(CC(C)CC(C)(C)C)[P+](=O)O. The third kappa shape index (κ3) is 8.05. The van der Waals surface area contributed by atoms with Crippen molar-refractivity contribution in [3.63, 3.8) is 0 Å². The summed E-state index contributed by atoms with van der Waals surface area (Å²) in [5, 5.41) is 0. The van der Waals surface area contributed by atoms with Crippen molar-refractivity contribution in [2.75, 3.05) is 0 Å². The van der Waals surface area contributed by atoms with E-state index in [0.29, 0.717) is 11.8 Å². The molecule has 0 aromatic rings. The van der Waals surface area contributed by atoms with Crippen LogP contribution in [0.1, 0.15) is 74.7 Å². The highest BCUT2D eigenvalue weighted by molar-refractivity contribution is 7.39. The van der Waals surface area contributed by atoms with Crippen LogP contribution in [0.15, 0.2) is 0 Å². The van der Waals surface area contributed by atoms with Crippen LogP contribution in [-0.2, 0) is 4.57 Å². The summed E-state index contributed by atoms with van der Waals surface area (Å²) in [6.45, 7) is 17.6. The van der Waals surface area contributed by atoms with Crippen LogP contribution >= 0.6 is 8.03 Å². The Labute approximate surface area is 121 Å². The smallest absolute Gasteiger partial charge is 0.161 e. The summed E-state index contributed by atoms with van der Waals surface area (Å²) in [7, 11) is -2.11. The molecule has 0 saturated carbocycles. The van der Waals surface area contributed by atoms with Gasteiger partial charge in [-0.05, 0) is 34.7 Å². The number of hydrogen-bond donors (Lipinski definition) is 1. The van der Waals surface area contributed by atoms with E-state index in [1.807, 2.05) is 0 Å². The molecule has 19 heavy (non-hydrogen) atoms.